The number of halogens is 1. The summed E-state index contributed by atoms with van der Waals surface area (Å²) in [6, 6.07) is 6.51. The molecule has 1 saturated heterocycles. The highest BCUT2D eigenvalue weighted by Gasteiger charge is 2.33. The quantitative estimate of drug-likeness (QED) is 0.897. The van der Waals surface area contributed by atoms with E-state index in [2.05, 4.69) is 17.1 Å². The minimum absolute atomic E-state index is 0.0935. The minimum atomic E-state index is -0.0935. The summed E-state index contributed by atoms with van der Waals surface area (Å²) in [5, 5.41) is 3.47. The smallest absolute Gasteiger partial charge is 0.123 e. The highest BCUT2D eigenvalue weighted by atomic mass is 19.1. The summed E-state index contributed by atoms with van der Waals surface area (Å²) in [7, 11) is 0. The third kappa shape index (κ3) is 2.54. The number of nitrogens with zero attached hydrogens (tertiary/aromatic N) is 1. The highest BCUT2D eigenvalue weighted by Crippen LogP contribution is 2.37. The van der Waals surface area contributed by atoms with E-state index in [9.17, 15) is 4.39 Å². The van der Waals surface area contributed by atoms with Gasteiger partial charge in [-0.15, -0.1) is 0 Å². The standard InChI is InChI=1S/C16H23FN2/c1-2-9-19(14-7-8-18-11-14)16-6-3-12-10-13(17)4-5-15(12)16/h4-5,10,14,16,18H,2-3,6-9,11H2,1H3. The summed E-state index contributed by atoms with van der Waals surface area (Å²) in [5.41, 5.74) is 2.58. The van der Waals surface area contributed by atoms with Crippen molar-refractivity contribution in [1.29, 1.82) is 0 Å². The molecule has 0 radical (unpaired) electrons. The molecular weight excluding hydrogens is 239 g/mol. The Kier molecular flexibility index (Phi) is 3.85. The number of nitrogens with one attached hydrogen (secondary N) is 1. The van der Waals surface area contributed by atoms with Crippen molar-refractivity contribution < 1.29 is 4.39 Å². The lowest BCUT2D eigenvalue weighted by Gasteiger charge is -2.34. The van der Waals surface area contributed by atoms with Gasteiger partial charge in [0.25, 0.3) is 0 Å². The van der Waals surface area contributed by atoms with E-state index in [1.807, 2.05) is 6.07 Å². The molecule has 1 heterocycles. The number of hydrogen-bond donors (Lipinski definition) is 1. The van der Waals surface area contributed by atoms with Crippen molar-refractivity contribution in [2.24, 2.45) is 0 Å². The van der Waals surface area contributed by atoms with Gasteiger partial charge in [-0.1, -0.05) is 13.0 Å². The average molecular weight is 262 g/mol. The largest absolute Gasteiger partial charge is 0.315 e. The monoisotopic (exact) mass is 262 g/mol. The fraction of sp³-hybridized carbons (Fsp3) is 0.625. The number of benzene rings is 1. The molecule has 2 nitrogen and oxygen atoms in total. The first kappa shape index (κ1) is 13.1. The van der Waals surface area contributed by atoms with Gasteiger partial charge in [0.2, 0.25) is 0 Å². The molecule has 2 atom stereocenters. The molecule has 1 aliphatic heterocycles. The van der Waals surface area contributed by atoms with Crippen LogP contribution in [0.15, 0.2) is 18.2 Å². The topological polar surface area (TPSA) is 15.3 Å². The van der Waals surface area contributed by atoms with Crippen molar-refractivity contribution in [3.8, 4) is 0 Å². The van der Waals surface area contributed by atoms with Crippen LogP contribution in [0.25, 0.3) is 0 Å². The fourth-order valence-corrected chi connectivity index (χ4v) is 3.68. The Labute approximate surface area is 115 Å². The SMILES string of the molecule is CCCN(C1CCNC1)C1CCc2cc(F)ccc21. The predicted molar refractivity (Wildman–Crippen MR) is 75.7 cm³/mol. The van der Waals surface area contributed by atoms with Crippen LogP contribution in [0.5, 0.6) is 0 Å². The predicted octanol–water partition coefficient (Wildman–Crippen LogP) is 2.89. The first-order valence-corrected chi connectivity index (χ1v) is 7.54. The van der Waals surface area contributed by atoms with Crippen LogP contribution in [0, 0.1) is 5.82 Å². The van der Waals surface area contributed by atoms with Crippen molar-refractivity contribution in [2.75, 3.05) is 19.6 Å². The molecule has 0 aromatic heterocycles. The van der Waals surface area contributed by atoms with E-state index < -0.39 is 0 Å². The maximum atomic E-state index is 13.3. The molecule has 0 amide bonds. The van der Waals surface area contributed by atoms with Crippen molar-refractivity contribution in [1.82, 2.24) is 10.2 Å². The van der Waals surface area contributed by atoms with Crippen molar-refractivity contribution in [2.45, 2.75) is 44.7 Å². The van der Waals surface area contributed by atoms with Crippen molar-refractivity contribution in [3.63, 3.8) is 0 Å². The molecule has 1 fully saturated rings. The minimum Gasteiger partial charge on any atom is -0.315 e. The third-order valence-electron chi connectivity index (χ3n) is 4.54. The lowest BCUT2D eigenvalue weighted by atomic mass is 10.0. The lowest BCUT2D eigenvalue weighted by molar-refractivity contribution is 0.142. The second-order valence-electron chi connectivity index (χ2n) is 5.78. The number of aryl methyl sites for hydroxylation is 1. The Morgan fingerprint density at radius 3 is 3.00 bits per heavy atom. The summed E-state index contributed by atoms with van der Waals surface area (Å²) in [6.07, 6.45) is 4.60. The number of hydrogen-bond acceptors (Lipinski definition) is 2. The van der Waals surface area contributed by atoms with Gasteiger partial charge in [0, 0.05) is 18.6 Å². The fourth-order valence-electron chi connectivity index (χ4n) is 3.68. The molecule has 1 aromatic rings. The van der Waals surface area contributed by atoms with E-state index in [1.54, 1.807) is 12.1 Å². The van der Waals surface area contributed by atoms with E-state index >= 15 is 0 Å². The molecule has 104 valence electrons. The average Bonchev–Trinajstić information content (AvgIpc) is 3.05. The van der Waals surface area contributed by atoms with Crippen LogP contribution in [0.2, 0.25) is 0 Å². The summed E-state index contributed by atoms with van der Waals surface area (Å²) >= 11 is 0. The van der Waals surface area contributed by atoms with Crippen LogP contribution in [-0.2, 0) is 6.42 Å². The molecule has 0 saturated carbocycles. The highest BCUT2D eigenvalue weighted by molar-refractivity contribution is 5.35. The Morgan fingerprint density at radius 1 is 1.37 bits per heavy atom. The molecule has 3 heteroatoms. The van der Waals surface area contributed by atoms with Gasteiger partial charge in [0.1, 0.15) is 5.82 Å². The molecule has 3 rings (SSSR count). The maximum Gasteiger partial charge on any atom is 0.123 e. The second-order valence-corrected chi connectivity index (χ2v) is 5.78. The van der Waals surface area contributed by atoms with Crippen molar-refractivity contribution >= 4 is 0 Å². The molecular formula is C16H23FN2. The van der Waals surface area contributed by atoms with E-state index in [0.717, 1.165) is 32.5 Å². The van der Waals surface area contributed by atoms with Gasteiger partial charge in [-0.25, -0.2) is 4.39 Å². The van der Waals surface area contributed by atoms with Gasteiger partial charge in [0.15, 0.2) is 0 Å². The van der Waals surface area contributed by atoms with Crippen LogP contribution in [0.4, 0.5) is 4.39 Å². The van der Waals surface area contributed by atoms with Gasteiger partial charge >= 0.3 is 0 Å². The first-order valence-electron chi connectivity index (χ1n) is 7.54. The molecule has 1 N–H and O–H groups in total. The summed E-state index contributed by atoms with van der Waals surface area (Å²) in [4.78, 5) is 2.66. The van der Waals surface area contributed by atoms with E-state index in [1.165, 1.54) is 24.0 Å². The van der Waals surface area contributed by atoms with E-state index in [4.69, 9.17) is 0 Å². The van der Waals surface area contributed by atoms with Gasteiger partial charge in [-0.3, -0.25) is 4.90 Å². The second kappa shape index (κ2) is 5.59. The van der Waals surface area contributed by atoms with Crippen LogP contribution in [0.1, 0.15) is 43.4 Å². The zero-order valence-corrected chi connectivity index (χ0v) is 11.7. The van der Waals surface area contributed by atoms with Crippen molar-refractivity contribution in [3.05, 3.63) is 35.1 Å². The Balaban J connectivity index is 1.84. The first-order chi connectivity index (χ1) is 9.29. The molecule has 0 spiro atoms. The number of fused-ring (bicyclic) bond motifs is 1. The van der Waals surface area contributed by atoms with E-state index in [0.29, 0.717) is 12.1 Å². The molecule has 1 aliphatic carbocycles. The van der Waals surface area contributed by atoms with Crippen LogP contribution < -0.4 is 5.32 Å². The summed E-state index contributed by atoms with van der Waals surface area (Å²) < 4.78 is 13.3. The van der Waals surface area contributed by atoms with Crippen LogP contribution in [-0.4, -0.2) is 30.6 Å². The third-order valence-corrected chi connectivity index (χ3v) is 4.54. The Hall–Kier alpha value is -0.930. The lowest BCUT2D eigenvalue weighted by Crippen LogP contribution is -2.39. The normalized spacial score (nSPS) is 26.1. The van der Waals surface area contributed by atoms with E-state index in [-0.39, 0.29) is 5.82 Å². The van der Waals surface area contributed by atoms with Gasteiger partial charge in [-0.05, 0) is 62.0 Å². The van der Waals surface area contributed by atoms with Gasteiger partial charge < -0.3 is 5.32 Å². The zero-order chi connectivity index (χ0) is 13.2. The molecule has 19 heavy (non-hydrogen) atoms. The molecule has 1 aromatic carbocycles. The molecule has 2 aliphatic rings. The van der Waals surface area contributed by atoms with Gasteiger partial charge in [0.05, 0.1) is 0 Å². The zero-order valence-electron chi connectivity index (χ0n) is 11.7. The molecule has 0 bridgehead atoms. The maximum absolute atomic E-state index is 13.3. The molecule has 2 unspecified atom stereocenters. The summed E-state index contributed by atoms with van der Waals surface area (Å²) in [5.74, 6) is -0.0935. The van der Waals surface area contributed by atoms with Crippen LogP contribution in [0.3, 0.4) is 0 Å². The van der Waals surface area contributed by atoms with Gasteiger partial charge in [-0.2, -0.15) is 0 Å². The summed E-state index contributed by atoms with van der Waals surface area (Å²) in [6.45, 7) is 5.63. The number of rotatable bonds is 4. The Bertz CT molecular complexity index is 440. The van der Waals surface area contributed by atoms with Crippen LogP contribution >= 0.6 is 0 Å². The Morgan fingerprint density at radius 2 is 2.26 bits per heavy atom.